The van der Waals surface area contributed by atoms with Crippen LogP contribution in [-0.4, -0.2) is 37.0 Å². The molecule has 0 fully saturated rings. The molecule has 10 heteroatoms. The lowest BCUT2D eigenvalue weighted by atomic mass is 10.3. The zero-order chi connectivity index (χ0) is 20.3. The Morgan fingerprint density at radius 1 is 1.25 bits per heavy atom. The van der Waals surface area contributed by atoms with Gasteiger partial charge in [0.25, 0.3) is 11.5 Å². The number of amides is 1. The molecule has 0 aliphatic heterocycles. The van der Waals surface area contributed by atoms with Gasteiger partial charge in [-0.05, 0) is 56.4 Å². The molecule has 0 saturated heterocycles. The fraction of sp³-hybridized carbons (Fsp3) is 0.278. The zero-order valence-electron chi connectivity index (χ0n) is 15.3. The first-order valence-electron chi connectivity index (χ1n) is 8.67. The molecule has 0 aliphatic carbocycles. The highest BCUT2D eigenvalue weighted by Gasteiger charge is 2.13. The Balaban J connectivity index is 1.71. The number of nitrogens with one attached hydrogen (secondary N) is 2. The monoisotopic (exact) mass is 402 g/mol. The summed E-state index contributed by atoms with van der Waals surface area (Å²) in [6.45, 7) is 4.31. The Hall–Kier alpha value is -3.14. The van der Waals surface area contributed by atoms with Gasteiger partial charge in [0.05, 0.1) is 5.69 Å². The van der Waals surface area contributed by atoms with E-state index < -0.39 is 17.3 Å². The quantitative estimate of drug-likeness (QED) is 0.616. The molecule has 146 valence electrons. The summed E-state index contributed by atoms with van der Waals surface area (Å²) in [6.07, 6.45) is 0.481. The van der Waals surface area contributed by atoms with Crippen LogP contribution in [-0.2, 0) is 6.42 Å². The van der Waals surface area contributed by atoms with Gasteiger partial charge in [-0.25, -0.2) is 4.39 Å². The predicted molar refractivity (Wildman–Crippen MR) is 104 cm³/mol. The first-order valence-corrected chi connectivity index (χ1v) is 9.08. The maximum absolute atomic E-state index is 13.1. The van der Waals surface area contributed by atoms with Gasteiger partial charge in [0, 0.05) is 25.1 Å². The van der Waals surface area contributed by atoms with Gasteiger partial charge >= 0.3 is 0 Å². The van der Waals surface area contributed by atoms with E-state index in [0.29, 0.717) is 23.4 Å². The van der Waals surface area contributed by atoms with Crippen molar-refractivity contribution in [1.82, 2.24) is 29.9 Å². The lowest BCUT2D eigenvalue weighted by Gasteiger charge is -2.11. The number of hydrogen-bond acceptors (Lipinski definition) is 5. The summed E-state index contributed by atoms with van der Waals surface area (Å²) in [7, 11) is 0. The van der Waals surface area contributed by atoms with Crippen LogP contribution in [0, 0.1) is 10.6 Å². The minimum atomic E-state index is -0.430. The van der Waals surface area contributed by atoms with E-state index in [9.17, 15) is 14.0 Å². The van der Waals surface area contributed by atoms with Crippen LogP contribution in [0.15, 0.2) is 41.2 Å². The van der Waals surface area contributed by atoms with Crippen LogP contribution in [0.4, 0.5) is 4.39 Å². The molecule has 3 aromatic rings. The predicted octanol–water partition coefficient (Wildman–Crippen LogP) is 2.18. The van der Waals surface area contributed by atoms with E-state index in [2.05, 4.69) is 20.6 Å². The van der Waals surface area contributed by atoms with Crippen molar-refractivity contribution in [2.24, 2.45) is 0 Å². The molecule has 8 nitrogen and oxygen atoms in total. The van der Waals surface area contributed by atoms with E-state index in [1.165, 1.54) is 36.4 Å². The largest absolute Gasteiger partial charge is 0.350 e. The smallest absolute Gasteiger partial charge is 0.271 e. The molecule has 0 radical (unpaired) electrons. The second kappa shape index (κ2) is 8.26. The van der Waals surface area contributed by atoms with E-state index >= 15 is 0 Å². The van der Waals surface area contributed by atoms with Gasteiger partial charge < -0.3 is 9.88 Å². The number of carbonyl (C=O) groups excluding carboxylic acids is 1. The number of rotatable bonds is 6. The van der Waals surface area contributed by atoms with Crippen LogP contribution < -0.4 is 10.9 Å². The fourth-order valence-electron chi connectivity index (χ4n) is 2.72. The summed E-state index contributed by atoms with van der Waals surface area (Å²) in [6, 6.07) is 8.02. The minimum absolute atomic E-state index is 0.0756. The molecular formula is C18H19FN6O2S. The van der Waals surface area contributed by atoms with Gasteiger partial charge in [0.15, 0.2) is 4.77 Å². The standard InChI is InChI=1S/C18H19FN6O2S/c1-11(2)24-15(21-22-18(24)28)9-10-20-17(27)14-7-8-16(26)25(23-14)13-5-3-12(19)4-6-13/h3-8,11H,9-10H2,1-2H3,(H,20,27)(H,22,28). The fourth-order valence-corrected chi connectivity index (χ4v) is 3.09. The minimum Gasteiger partial charge on any atom is -0.350 e. The number of aromatic amines is 1. The molecule has 2 aromatic heterocycles. The third-order valence-electron chi connectivity index (χ3n) is 4.03. The molecule has 0 aliphatic rings. The van der Waals surface area contributed by atoms with E-state index in [1.54, 1.807) is 0 Å². The van der Waals surface area contributed by atoms with Crippen molar-refractivity contribution in [3.8, 4) is 5.69 Å². The van der Waals surface area contributed by atoms with Crippen molar-refractivity contribution in [2.75, 3.05) is 6.54 Å². The van der Waals surface area contributed by atoms with Crippen LogP contribution in [0.2, 0.25) is 0 Å². The Morgan fingerprint density at radius 3 is 2.64 bits per heavy atom. The van der Waals surface area contributed by atoms with Crippen LogP contribution in [0.3, 0.4) is 0 Å². The number of halogens is 1. The average molecular weight is 402 g/mol. The number of H-pyrrole nitrogens is 1. The van der Waals surface area contributed by atoms with Gasteiger partial charge in [-0.1, -0.05) is 0 Å². The van der Waals surface area contributed by atoms with E-state index in [4.69, 9.17) is 12.2 Å². The molecule has 1 aromatic carbocycles. The maximum Gasteiger partial charge on any atom is 0.271 e. The van der Waals surface area contributed by atoms with E-state index in [1.807, 2.05) is 18.4 Å². The molecule has 0 spiro atoms. The molecule has 3 rings (SSSR count). The van der Waals surface area contributed by atoms with Crippen molar-refractivity contribution in [3.05, 3.63) is 68.9 Å². The molecule has 0 atom stereocenters. The van der Waals surface area contributed by atoms with E-state index in [-0.39, 0.29) is 11.7 Å². The number of carbonyl (C=O) groups is 1. The lowest BCUT2D eigenvalue weighted by molar-refractivity contribution is 0.0947. The van der Waals surface area contributed by atoms with Gasteiger partial charge in [0.1, 0.15) is 17.3 Å². The maximum atomic E-state index is 13.1. The number of hydrogen-bond donors (Lipinski definition) is 2. The average Bonchev–Trinajstić information content (AvgIpc) is 3.03. The molecule has 2 N–H and O–H groups in total. The number of nitrogens with zero attached hydrogens (tertiary/aromatic N) is 4. The Morgan fingerprint density at radius 2 is 1.96 bits per heavy atom. The lowest BCUT2D eigenvalue weighted by Crippen LogP contribution is -2.30. The summed E-state index contributed by atoms with van der Waals surface area (Å²) >= 11 is 5.20. The third-order valence-corrected chi connectivity index (χ3v) is 4.32. The zero-order valence-corrected chi connectivity index (χ0v) is 16.2. The SMILES string of the molecule is CC(C)n1c(CCNC(=O)c2ccc(=O)n(-c3ccc(F)cc3)n2)n[nH]c1=S. The van der Waals surface area contributed by atoms with Gasteiger partial charge in [-0.2, -0.15) is 14.9 Å². The molecular weight excluding hydrogens is 383 g/mol. The highest BCUT2D eigenvalue weighted by molar-refractivity contribution is 7.71. The van der Waals surface area contributed by atoms with E-state index in [0.717, 1.165) is 10.5 Å². The van der Waals surface area contributed by atoms with Crippen molar-refractivity contribution in [2.45, 2.75) is 26.3 Å². The van der Waals surface area contributed by atoms with Crippen molar-refractivity contribution in [1.29, 1.82) is 0 Å². The van der Waals surface area contributed by atoms with Crippen molar-refractivity contribution < 1.29 is 9.18 Å². The van der Waals surface area contributed by atoms with Crippen LogP contribution in [0.5, 0.6) is 0 Å². The van der Waals surface area contributed by atoms with Crippen LogP contribution >= 0.6 is 12.2 Å². The van der Waals surface area contributed by atoms with Gasteiger partial charge in [-0.3, -0.25) is 14.7 Å². The second-order valence-electron chi connectivity index (χ2n) is 6.36. The van der Waals surface area contributed by atoms with Crippen molar-refractivity contribution in [3.63, 3.8) is 0 Å². The Bertz CT molecular complexity index is 1100. The topological polar surface area (TPSA) is 97.6 Å². The summed E-state index contributed by atoms with van der Waals surface area (Å²) in [5.41, 5.74) is 0.0239. The summed E-state index contributed by atoms with van der Waals surface area (Å²) < 4.78 is 16.6. The Kier molecular flexibility index (Phi) is 5.78. The normalized spacial score (nSPS) is 11.0. The van der Waals surface area contributed by atoms with Gasteiger partial charge in [-0.15, -0.1) is 0 Å². The number of aromatic nitrogens is 5. The highest BCUT2D eigenvalue weighted by Crippen LogP contribution is 2.09. The van der Waals surface area contributed by atoms with Crippen LogP contribution in [0.1, 0.15) is 36.2 Å². The first kappa shape index (κ1) is 19.6. The molecule has 0 unspecified atom stereocenters. The van der Waals surface area contributed by atoms with Crippen molar-refractivity contribution >= 4 is 18.1 Å². The summed E-state index contributed by atoms with van der Waals surface area (Å²) in [4.78, 5) is 24.4. The summed E-state index contributed by atoms with van der Waals surface area (Å²) in [5, 5.41) is 13.8. The molecule has 0 bridgehead atoms. The van der Waals surface area contributed by atoms with Crippen LogP contribution in [0.25, 0.3) is 5.69 Å². The Labute approximate surface area is 165 Å². The number of benzene rings is 1. The highest BCUT2D eigenvalue weighted by atomic mass is 32.1. The van der Waals surface area contributed by atoms with Gasteiger partial charge in [0.2, 0.25) is 0 Å². The second-order valence-corrected chi connectivity index (χ2v) is 6.75. The molecule has 1 amide bonds. The molecule has 0 saturated carbocycles. The third kappa shape index (κ3) is 4.22. The first-order chi connectivity index (χ1) is 13.4. The molecule has 28 heavy (non-hydrogen) atoms. The molecule has 2 heterocycles. The summed E-state index contributed by atoms with van der Waals surface area (Å²) in [5.74, 6) is -0.115.